The van der Waals surface area contributed by atoms with Gasteiger partial charge in [0.1, 0.15) is 0 Å². The number of piperidine rings is 1. The molecule has 1 saturated heterocycles. The average molecular weight is 372 g/mol. The van der Waals surface area contributed by atoms with Crippen molar-refractivity contribution in [3.05, 3.63) is 32.9 Å². The lowest BCUT2D eigenvalue weighted by Gasteiger charge is -2.36. The van der Waals surface area contributed by atoms with Crippen molar-refractivity contribution < 1.29 is 4.79 Å². The maximum absolute atomic E-state index is 12.7. The molecule has 1 atom stereocenters. The van der Waals surface area contributed by atoms with Gasteiger partial charge in [-0.15, -0.1) is 0 Å². The molecule has 1 aliphatic heterocycles. The molecule has 1 aromatic rings. The largest absolute Gasteiger partial charge is 0.336 e. The van der Waals surface area contributed by atoms with Gasteiger partial charge in [0.25, 0.3) is 5.91 Å². The third-order valence-corrected chi connectivity index (χ3v) is 5.24. The van der Waals surface area contributed by atoms with E-state index in [9.17, 15) is 4.79 Å². The van der Waals surface area contributed by atoms with Gasteiger partial charge in [0.15, 0.2) is 0 Å². The lowest BCUT2D eigenvalue weighted by Crippen LogP contribution is -2.44. The molecule has 4 heteroatoms. The minimum atomic E-state index is 0.172. The van der Waals surface area contributed by atoms with Crippen LogP contribution in [0.3, 0.4) is 0 Å². The Morgan fingerprint density at radius 1 is 1.47 bits per heavy atom. The Hall–Kier alpha value is -0.620. The van der Waals surface area contributed by atoms with E-state index in [1.807, 2.05) is 30.0 Å². The fourth-order valence-electron chi connectivity index (χ4n) is 2.73. The van der Waals surface area contributed by atoms with Crippen LogP contribution in [0.2, 0.25) is 0 Å². The van der Waals surface area contributed by atoms with Gasteiger partial charge in [-0.25, -0.2) is 0 Å². The number of carbonyl (C=O) groups is 1. The zero-order valence-electron chi connectivity index (χ0n) is 11.4. The van der Waals surface area contributed by atoms with Crippen LogP contribution in [0.15, 0.2) is 18.2 Å². The molecule has 0 spiro atoms. The Bertz CT molecular complexity index is 459. The summed E-state index contributed by atoms with van der Waals surface area (Å²) < 4.78 is 1.07. The lowest BCUT2D eigenvalue weighted by molar-refractivity contribution is 0.0604. The number of nitrogens with zero attached hydrogens (tertiary/aromatic N) is 1. The number of hydrogen-bond donors (Lipinski definition) is 1. The number of amides is 1. The molecule has 1 amide bonds. The fourth-order valence-corrected chi connectivity index (χ4v) is 3.32. The molecular weight excluding hydrogens is 351 g/mol. The van der Waals surface area contributed by atoms with E-state index in [2.05, 4.69) is 22.6 Å². The van der Waals surface area contributed by atoms with Crippen LogP contribution in [0.5, 0.6) is 0 Å². The van der Waals surface area contributed by atoms with Crippen molar-refractivity contribution in [2.45, 2.75) is 38.6 Å². The molecule has 0 bridgehead atoms. The topological polar surface area (TPSA) is 46.3 Å². The summed E-state index contributed by atoms with van der Waals surface area (Å²) in [6.07, 6.45) is 4.31. The molecule has 2 N–H and O–H groups in total. The van der Waals surface area contributed by atoms with Crippen LogP contribution in [0, 0.1) is 10.5 Å². The van der Waals surface area contributed by atoms with Crippen molar-refractivity contribution in [1.82, 2.24) is 4.90 Å². The molecule has 0 aliphatic carbocycles. The first kappa shape index (κ1) is 14.8. The van der Waals surface area contributed by atoms with Crippen LogP contribution in [-0.4, -0.2) is 29.9 Å². The van der Waals surface area contributed by atoms with Crippen LogP contribution in [0.25, 0.3) is 0 Å². The number of carbonyl (C=O) groups excluding carboxylic acids is 1. The second-order valence-electron chi connectivity index (χ2n) is 5.16. The van der Waals surface area contributed by atoms with Crippen LogP contribution in [-0.2, 0) is 0 Å². The summed E-state index contributed by atoms with van der Waals surface area (Å²) in [7, 11) is 0. The van der Waals surface area contributed by atoms with Crippen molar-refractivity contribution in [1.29, 1.82) is 0 Å². The van der Waals surface area contributed by atoms with Gasteiger partial charge >= 0.3 is 0 Å². The monoisotopic (exact) mass is 372 g/mol. The molecule has 1 fully saturated rings. The molecule has 0 radical (unpaired) electrons. The van der Waals surface area contributed by atoms with E-state index in [1.54, 1.807) is 0 Å². The van der Waals surface area contributed by atoms with E-state index in [0.717, 1.165) is 34.9 Å². The number of likely N-dealkylation sites (tertiary alicyclic amines) is 1. The van der Waals surface area contributed by atoms with E-state index < -0.39 is 0 Å². The normalized spacial score (nSPS) is 19.5. The quantitative estimate of drug-likeness (QED) is 0.830. The Kier molecular flexibility index (Phi) is 5.21. The van der Waals surface area contributed by atoms with Crippen molar-refractivity contribution >= 4 is 28.5 Å². The predicted octanol–water partition coefficient (Wildman–Crippen LogP) is 2.94. The Balaban J connectivity index is 2.23. The zero-order chi connectivity index (χ0) is 13.8. The van der Waals surface area contributed by atoms with Crippen LogP contribution < -0.4 is 5.73 Å². The third kappa shape index (κ3) is 3.28. The summed E-state index contributed by atoms with van der Waals surface area (Å²) in [6.45, 7) is 3.57. The number of benzene rings is 1. The van der Waals surface area contributed by atoms with Crippen LogP contribution >= 0.6 is 22.6 Å². The summed E-state index contributed by atoms with van der Waals surface area (Å²) in [4.78, 5) is 14.8. The van der Waals surface area contributed by atoms with Crippen molar-refractivity contribution in [2.75, 3.05) is 13.1 Å². The first-order valence-electron chi connectivity index (χ1n) is 6.91. The van der Waals surface area contributed by atoms with Crippen molar-refractivity contribution in [2.24, 2.45) is 5.73 Å². The number of rotatable bonds is 3. The van der Waals surface area contributed by atoms with Crippen molar-refractivity contribution in [3.63, 3.8) is 0 Å². The van der Waals surface area contributed by atoms with E-state index in [1.165, 1.54) is 12.0 Å². The lowest BCUT2D eigenvalue weighted by atomic mass is 9.98. The van der Waals surface area contributed by atoms with E-state index in [0.29, 0.717) is 12.6 Å². The zero-order valence-corrected chi connectivity index (χ0v) is 13.5. The average Bonchev–Trinajstić information content (AvgIpc) is 2.42. The smallest absolute Gasteiger partial charge is 0.255 e. The number of halogens is 1. The summed E-state index contributed by atoms with van der Waals surface area (Å²) in [5.41, 5.74) is 7.68. The van der Waals surface area contributed by atoms with Gasteiger partial charge < -0.3 is 10.6 Å². The predicted molar refractivity (Wildman–Crippen MR) is 86.2 cm³/mol. The minimum absolute atomic E-state index is 0.172. The molecule has 1 aromatic carbocycles. The SMILES string of the molecule is Cc1cccc(C(=O)N2CCCCC2CCN)c1I. The molecule has 2 rings (SSSR count). The van der Waals surface area contributed by atoms with Crippen LogP contribution in [0.1, 0.15) is 41.6 Å². The first-order chi connectivity index (χ1) is 9.15. The molecule has 3 nitrogen and oxygen atoms in total. The standard InChI is InChI=1S/C15H21IN2O/c1-11-5-4-7-13(14(11)16)15(19)18-10-3-2-6-12(18)8-9-17/h4-5,7,12H,2-3,6,8-10,17H2,1H3. The molecule has 1 aliphatic rings. The van der Waals surface area contributed by atoms with Crippen molar-refractivity contribution in [3.8, 4) is 0 Å². The third-order valence-electron chi connectivity index (χ3n) is 3.81. The Morgan fingerprint density at radius 2 is 2.26 bits per heavy atom. The Labute approximate surface area is 128 Å². The second kappa shape index (κ2) is 6.70. The molecule has 0 aromatic heterocycles. The molecule has 104 valence electrons. The highest BCUT2D eigenvalue weighted by Crippen LogP contribution is 2.24. The highest BCUT2D eigenvalue weighted by molar-refractivity contribution is 14.1. The maximum atomic E-state index is 12.7. The highest BCUT2D eigenvalue weighted by atomic mass is 127. The second-order valence-corrected chi connectivity index (χ2v) is 6.24. The maximum Gasteiger partial charge on any atom is 0.255 e. The van der Waals surface area contributed by atoms with Gasteiger partial charge in [-0.3, -0.25) is 4.79 Å². The van der Waals surface area contributed by atoms with E-state index in [-0.39, 0.29) is 5.91 Å². The van der Waals surface area contributed by atoms with Gasteiger partial charge in [-0.2, -0.15) is 0 Å². The molecule has 19 heavy (non-hydrogen) atoms. The highest BCUT2D eigenvalue weighted by Gasteiger charge is 2.27. The molecular formula is C15H21IN2O. The molecule has 1 unspecified atom stereocenters. The minimum Gasteiger partial charge on any atom is -0.336 e. The number of nitrogens with two attached hydrogens (primary N) is 1. The summed E-state index contributed by atoms with van der Waals surface area (Å²) in [6, 6.07) is 6.27. The summed E-state index contributed by atoms with van der Waals surface area (Å²) in [5, 5.41) is 0. The van der Waals surface area contributed by atoms with Gasteiger partial charge in [0, 0.05) is 16.2 Å². The van der Waals surface area contributed by atoms with E-state index in [4.69, 9.17) is 5.73 Å². The van der Waals surface area contributed by atoms with Gasteiger partial charge in [0.2, 0.25) is 0 Å². The molecule has 0 saturated carbocycles. The first-order valence-corrected chi connectivity index (χ1v) is 7.99. The van der Waals surface area contributed by atoms with Gasteiger partial charge in [-0.05, 0) is 73.4 Å². The number of aryl methyl sites for hydroxylation is 1. The van der Waals surface area contributed by atoms with Gasteiger partial charge in [0.05, 0.1) is 5.56 Å². The molecule has 1 heterocycles. The fraction of sp³-hybridized carbons (Fsp3) is 0.533. The number of hydrogen-bond acceptors (Lipinski definition) is 2. The summed E-state index contributed by atoms with van der Waals surface area (Å²) in [5.74, 6) is 0.172. The summed E-state index contributed by atoms with van der Waals surface area (Å²) >= 11 is 2.27. The Morgan fingerprint density at radius 3 is 3.00 bits per heavy atom. The van der Waals surface area contributed by atoms with Crippen LogP contribution in [0.4, 0.5) is 0 Å². The van der Waals surface area contributed by atoms with Gasteiger partial charge in [-0.1, -0.05) is 12.1 Å². The van der Waals surface area contributed by atoms with E-state index >= 15 is 0 Å².